The molecule has 1 heterocycles. The van der Waals surface area contributed by atoms with Crippen molar-refractivity contribution in [2.75, 3.05) is 11.1 Å². The van der Waals surface area contributed by atoms with Crippen molar-refractivity contribution < 1.29 is 4.74 Å². The van der Waals surface area contributed by atoms with E-state index in [9.17, 15) is 0 Å². The summed E-state index contributed by atoms with van der Waals surface area (Å²) in [4.78, 5) is 8.92. The normalized spacial score (nSPS) is 22.2. The van der Waals surface area contributed by atoms with E-state index in [0.717, 1.165) is 10.9 Å². The van der Waals surface area contributed by atoms with Gasteiger partial charge < -0.3 is 10.1 Å². The third kappa shape index (κ3) is 4.54. The summed E-state index contributed by atoms with van der Waals surface area (Å²) in [5, 5.41) is 4.25. The van der Waals surface area contributed by atoms with Crippen LogP contribution in [-0.2, 0) is 0 Å². The highest BCUT2D eigenvalue weighted by Crippen LogP contribution is 2.31. The van der Waals surface area contributed by atoms with Crippen LogP contribution in [0.2, 0.25) is 0 Å². The first-order valence-corrected chi connectivity index (χ1v) is 8.52. The highest BCUT2D eigenvalue weighted by atomic mass is 32.2. The van der Waals surface area contributed by atoms with E-state index in [1.807, 2.05) is 26.8 Å². The summed E-state index contributed by atoms with van der Waals surface area (Å²) < 4.78 is 5.66. The molecule has 1 aliphatic carbocycles. The van der Waals surface area contributed by atoms with E-state index >= 15 is 0 Å². The fourth-order valence-corrected chi connectivity index (χ4v) is 3.69. The highest BCUT2D eigenvalue weighted by Gasteiger charge is 2.25. The molecule has 0 amide bonds. The average Bonchev–Trinajstić information content (AvgIpc) is 2.75. The van der Waals surface area contributed by atoms with Crippen molar-refractivity contribution >= 4 is 17.7 Å². The van der Waals surface area contributed by atoms with E-state index in [2.05, 4.69) is 34.0 Å². The molecule has 1 N–H and O–H groups in total. The molecule has 1 aliphatic rings. The quantitative estimate of drug-likeness (QED) is 0.868. The van der Waals surface area contributed by atoms with Gasteiger partial charge in [0.05, 0.1) is 6.10 Å². The summed E-state index contributed by atoms with van der Waals surface area (Å²) in [6, 6.07) is 2.38. The van der Waals surface area contributed by atoms with Crippen LogP contribution in [0, 0.1) is 6.92 Å². The van der Waals surface area contributed by atoms with E-state index in [0.29, 0.717) is 17.9 Å². The molecular weight excluding hydrogens is 270 g/mol. The van der Waals surface area contributed by atoms with Crippen LogP contribution in [0.15, 0.2) is 6.07 Å². The maximum atomic E-state index is 5.66. The second kappa shape index (κ2) is 7.16. The zero-order valence-corrected chi connectivity index (χ0v) is 13.7. The Balaban J connectivity index is 1.97. The van der Waals surface area contributed by atoms with E-state index in [1.165, 1.54) is 25.0 Å². The lowest BCUT2D eigenvalue weighted by atomic mass is 10.2. The van der Waals surface area contributed by atoms with Crippen LogP contribution in [0.3, 0.4) is 0 Å². The van der Waals surface area contributed by atoms with Gasteiger partial charge in [0.15, 0.2) is 0 Å². The third-order valence-corrected chi connectivity index (χ3v) is 4.54. The van der Waals surface area contributed by atoms with Crippen LogP contribution >= 0.6 is 11.8 Å². The van der Waals surface area contributed by atoms with Crippen LogP contribution < -0.4 is 10.1 Å². The molecule has 0 aromatic carbocycles. The third-order valence-electron chi connectivity index (χ3n) is 3.31. The van der Waals surface area contributed by atoms with E-state index in [-0.39, 0.29) is 6.10 Å². The van der Waals surface area contributed by atoms with Crippen molar-refractivity contribution in [1.82, 2.24) is 9.97 Å². The van der Waals surface area contributed by atoms with Crippen molar-refractivity contribution in [3.8, 4) is 5.88 Å². The van der Waals surface area contributed by atoms with Gasteiger partial charge >= 0.3 is 0 Å². The van der Waals surface area contributed by atoms with Gasteiger partial charge in [-0.3, -0.25) is 0 Å². The molecule has 0 saturated heterocycles. The average molecular weight is 295 g/mol. The fourth-order valence-electron chi connectivity index (χ4n) is 2.55. The molecule has 2 unspecified atom stereocenters. The number of hydrogen-bond acceptors (Lipinski definition) is 5. The van der Waals surface area contributed by atoms with Crippen LogP contribution in [-0.4, -0.2) is 33.1 Å². The van der Waals surface area contributed by atoms with E-state index in [4.69, 9.17) is 4.74 Å². The summed E-state index contributed by atoms with van der Waals surface area (Å²) in [6.45, 7) is 8.22. The first-order valence-electron chi connectivity index (χ1n) is 7.47. The number of aromatic nitrogens is 2. The van der Waals surface area contributed by atoms with Gasteiger partial charge in [-0.15, -0.1) is 0 Å². The van der Waals surface area contributed by atoms with Gasteiger partial charge in [-0.1, -0.05) is 6.92 Å². The van der Waals surface area contributed by atoms with E-state index in [1.54, 1.807) is 0 Å². The summed E-state index contributed by atoms with van der Waals surface area (Å²) >= 11 is 2.06. The van der Waals surface area contributed by atoms with Gasteiger partial charge in [0.1, 0.15) is 0 Å². The maximum absolute atomic E-state index is 5.66. The summed E-state index contributed by atoms with van der Waals surface area (Å²) in [5.41, 5.74) is 0.940. The minimum atomic E-state index is 0.133. The first kappa shape index (κ1) is 15.4. The molecule has 0 spiro atoms. The Hall–Kier alpha value is -0.970. The topological polar surface area (TPSA) is 47.0 Å². The van der Waals surface area contributed by atoms with Gasteiger partial charge in [-0.2, -0.15) is 16.7 Å². The van der Waals surface area contributed by atoms with Crippen molar-refractivity contribution in [2.45, 2.75) is 64.4 Å². The molecule has 1 aromatic rings. The highest BCUT2D eigenvalue weighted by molar-refractivity contribution is 7.99. The lowest BCUT2D eigenvalue weighted by Crippen LogP contribution is -2.19. The molecule has 4 nitrogen and oxygen atoms in total. The van der Waals surface area contributed by atoms with Gasteiger partial charge in [-0.25, -0.2) is 4.98 Å². The Labute approximate surface area is 126 Å². The largest absolute Gasteiger partial charge is 0.475 e. The van der Waals surface area contributed by atoms with Crippen molar-refractivity contribution in [1.29, 1.82) is 0 Å². The molecule has 20 heavy (non-hydrogen) atoms. The number of thioether (sulfide) groups is 1. The Bertz CT molecular complexity index is 439. The standard InChI is InChI=1S/C15H25N3OS/c1-5-20-13-7-6-12(9-13)17-15-16-11(4)8-14(18-15)19-10(2)3/h8,10,12-13H,5-7,9H2,1-4H3,(H,16,17,18). The molecule has 1 aromatic heterocycles. The maximum Gasteiger partial charge on any atom is 0.226 e. The number of aryl methyl sites for hydroxylation is 1. The minimum Gasteiger partial charge on any atom is -0.475 e. The predicted octanol–water partition coefficient (Wildman–Crippen LogP) is 3.66. The zero-order chi connectivity index (χ0) is 14.5. The molecule has 1 saturated carbocycles. The lowest BCUT2D eigenvalue weighted by molar-refractivity contribution is 0.232. The van der Waals surface area contributed by atoms with Crippen molar-refractivity contribution in [2.24, 2.45) is 0 Å². The molecule has 112 valence electrons. The van der Waals surface area contributed by atoms with Gasteiger partial charge in [0.25, 0.3) is 0 Å². The van der Waals surface area contributed by atoms with Crippen molar-refractivity contribution in [3.63, 3.8) is 0 Å². The number of rotatable bonds is 6. The SMILES string of the molecule is CCSC1CCC(Nc2nc(C)cc(OC(C)C)n2)C1. The van der Waals surface area contributed by atoms with Crippen LogP contribution in [0.4, 0.5) is 5.95 Å². The Kier molecular flexibility index (Phi) is 5.52. The Morgan fingerprint density at radius 2 is 2.20 bits per heavy atom. The molecule has 0 radical (unpaired) electrons. The molecule has 0 bridgehead atoms. The molecular formula is C15H25N3OS. The smallest absolute Gasteiger partial charge is 0.226 e. The molecule has 2 rings (SSSR count). The predicted molar refractivity (Wildman–Crippen MR) is 85.7 cm³/mol. The summed E-state index contributed by atoms with van der Waals surface area (Å²) in [7, 11) is 0. The zero-order valence-electron chi connectivity index (χ0n) is 12.8. The van der Waals surface area contributed by atoms with Crippen LogP contribution in [0.5, 0.6) is 5.88 Å². The van der Waals surface area contributed by atoms with Crippen molar-refractivity contribution in [3.05, 3.63) is 11.8 Å². The molecule has 0 aliphatic heterocycles. The molecule has 1 fully saturated rings. The number of nitrogens with zero attached hydrogens (tertiary/aromatic N) is 2. The summed E-state index contributed by atoms with van der Waals surface area (Å²) in [6.07, 6.45) is 3.83. The van der Waals surface area contributed by atoms with Gasteiger partial charge in [0.2, 0.25) is 11.8 Å². The monoisotopic (exact) mass is 295 g/mol. The molecule has 5 heteroatoms. The minimum absolute atomic E-state index is 0.133. The second-order valence-electron chi connectivity index (χ2n) is 5.57. The lowest BCUT2D eigenvalue weighted by Gasteiger charge is -2.15. The van der Waals surface area contributed by atoms with Gasteiger partial charge in [0, 0.05) is 23.1 Å². The Morgan fingerprint density at radius 3 is 2.90 bits per heavy atom. The van der Waals surface area contributed by atoms with Crippen LogP contribution in [0.1, 0.15) is 45.7 Å². The fraction of sp³-hybridized carbons (Fsp3) is 0.733. The van der Waals surface area contributed by atoms with Crippen LogP contribution in [0.25, 0.3) is 0 Å². The van der Waals surface area contributed by atoms with Gasteiger partial charge in [-0.05, 0) is 45.8 Å². The summed E-state index contributed by atoms with van der Waals surface area (Å²) in [5.74, 6) is 2.56. The number of hydrogen-bond donors (Lipinski definition) is 1. The molecule has 2 atom stereocenters. The first-order chi connectivity index (χ1) is 9.56. The number of anilines is 1. The van der Waals surface area contributed by atoms with E-state index < -0.39 is 0 Å². The number of ether oxygens (including phenoxy) is 1. The number of nitrogens with one attached hydrogen (secondary N) is 1. The Morgan fingerprint density at radius 1 is 1.40 bits per heavy atom. The second-order valence-corrected chi connectivity index (χ2v) is 7.15.